The second-order valence-electron chi connectivity index (χ2n) is 4.08. The lowest BCUT2D eigenvalue weighted by Crippen LogP contribution is -2.32. The Morgan fingerprint density at radius 1 is 1.06 bits per heavy atom. The van der Waals surface area contributed by atoms with Crippen LogP contribution in [0.25, 0.3) is 0 Å². The Morgan fingerprint density at radius 2 is 1.62 bits per heavy atom. The highest BCUT2D eigenvalue weighted by Gasteiger charge is 2.13. The van der Waals surface area contributed by atoms with E-state index in [2.05, 4.69) is 17.0 Å². The minimum atomic E-state index is 0.170. The molecule has 0 aromatic heterocycles. The minimum Gasteiger partial charge on any atom is -0.396 e. The zero-order valence-electron chi connectivity index (χ0n) is 9.84. The third kappa shape index (κ3) is 4.31. The summed E-state index contributed by atoms with van der Waals surface area (Å²) in [5.41, 5.74) is 1.26. The third-order valence-electron chi connectivity index (χ3n) is 2.82. The van der Waals surface area contributed by atoms with Crippen LogP contribution in [0.2, 0.25) is 0 Å². The lowest BCUT2D eigenvalue weighted by Gasteiger charge is -2.27. The van der Waals surface area contributed by atoms with Crippen molar-refractivity contribution in [3.8, 4) is 0 Å². The van der Waals surface area contributed by atoms with Crippen LogP contribution in [0.15, 0.2) is 30.3 Å². The van der Waals surface area contributed by atoms with Gasteiger partial charge >= 0.3 is 0 Å². The predicted molar refractivity (Wildman–Crippen MR) is 65.1 cm³/mol. The molecule has 0 fully saturated rings. The number of hydrogen-bond donors (Lipinski definition) is 2. The molecule has 2 N–H and O–H groups in total. The summed E-state index contributed by atoms with van der Waals surface area (Å²) in [5, 5.41) is 17.9. The fraction of sp³-hybridized carbons (Fsp3) is 0.538. The first-order valence-electron chi connectivity index (χ1n) is 5.73. The molecule has 0 atom stereocenters. The van der Waals surface area contributed by atoms with Gasteiger partial charge in [0.05, 0.1) is 0 Å². The highest BCUT2D eigenvalue weighted by molar-refractivity contribution is 5.14. The summed E-state index contributed by atoms with van der Waals surface area (Å²) < 4.78 is 0. The summed E-state index contributed by atoms with van der Waals surface area (Å²) >= 11 is 0. The molecule has 0 aliphatic carbocycles. The molecule has 90 valence electrons. The number of hydrogen-bond acceptors (Lipinski definition) is 3. The molecule has 3 nitrogen and oxygen atoms in total. The molecule has 0 saturated carbocycles. The highest BCUT2D eigenvalue weighted by atomic mass is 16.3. The largest absolute Gasteiger partial charge is 0.396 e. The van der Waals surface area contributed by atoms with Crippen LogP contribution in [-0.2, 0) is 6.54 Å². The van der Waals surface area contributed by atoms with Gasteiger partial charge in [0.15, 0.2) is 0 Å². The van der Waals surface area contributed by atoms with Gasteiger partial charge in [-0.2, -0.15) is 0 Å². The first-order valence-corrected chi connectivity index (χ1v) is 5.73. The lowest BCUT2D eigenvalue weighted by atomic mass is 10.1. The number of benzene rings is 1. The Bertz CT molecular complexity index is 271. The molecule has 1 rings (SSSR count). The number of rotatable bonds is 7. The fourth-order valence-corrected chi connectivity index (χ4v) is 1.88. The highest BCUT2D eigenvalue weighted by Crippen LogP contribution is 2.11. The normalized spacial score (nSPS) is 11.3. The van der Waals surface area contributed by atoms with Crippen molar-refractivity contribution in [3.63, 3.8) is 0 Å². The van der Waals surface area contributed by atoms with Gasteiger partial charge in [0.1, 0.15) is 0 Å². The van der Waals surface area contributed by atoms with Crippen LogP contribution in [0.3, 0.4) is 0 Å². The van der Waals surface area contributed by atoms with Crippen molar-refractivity contribution in [3.05, 3.63) is 35.9 Å². The van der Waals surface area contributed by atoms with Crippen molar-refractivity contribution in [1.82, 2.24) is 4.90 Å². The zero-order chi connectivity index (χ0) is 11.8. The van der Waals surface area contributed by atoms with Crippen molar-refractivity contribution in [2.75, 3.05) is 20.3 Å². The molecule has 0 heterocycles. The Labute approximate surface area is 97.3 Å². The summed E-state index contributed by atoms with van der Waals surface area (Å²) in [4.78, 5) is 2.18. The van der Waals surface area contributed by atoms with Gasteiger partial charge in [-0.3, -0.25) is 4.90 Å². The number of aliphatic hydroxyl groups is 2. The smallest absolute Gasteiger partial charge is 0.0445 e. The van der Waals surface area contributed by atoms with E-state index in [0.29, 0.717) is 12.8 Å². The van der Waals surface area contributed by atoms with Gasteiger partial charge in [-0.25, -0.2) is 0 Å². The van der Waals surface area contributed by atoms with Crippen molar-refractivity contribution in [2.45, 2.75) is 25.4 Å². The van der Waals surface area contributed by atoms with E-state index in [1.165, 1.54) is 5.56 Å². The molecule has 1 aromatic carbocycles. The third-order valence-corrected chi connectivity index (χ3v) is 2.82. The number of nitrogens with zero attached hydrogens (tertiary/aromatic N) is 1. The first-order chi connectivity index (χ1) is 7.77. The molecule has 16 heavy (non-hydrogen) atoms. The van der Waals surface area contributed by atoms with Gasteiger partial charge in [-0.05, 0) is 25.5 Å². The molecule has 0 bridgehead atoms. The van der Waals surface area contributed by atoms with Gasteiger partial charge in [0.25, 0.3) is 0 Å². The SMILES string of the molecule is CN(Cc1ccccc1)C(CCO)CCO. The topological polar surface area (TPSA) is 43.7 Å². The maximum atomic E-state index is 8.97. The predicted octanol–water partition coefficient (Wildman–Crippen LogP) is 1.25. The van der Waals surface area contributed by atoms with E-state index in [-0.39, 0.29) is 19.3 Å². The molecule has 0 radical (unpaired) electrons. The van der Waals surface area contributed by atoms with E-state index >= 15 is 0 Å². The van der Waals surface area contributed by atoms with Crippen molar-refractivity contribution < 1.29 is 10.2 Å². The first kappa shape index (κ1) is 13.2. The van der Waals surface area contributed by atoms with Crippen molar-refractivity contribution >= 4 is 0 Å². The van der Waals surface area contributed by atoms with Crippen molar-refractivity contribution in [1.29, 1.82) is 0 Å². The van der Waals surface area contributed by atoms with Gasteiger partial charge in [-0.1, -0.05) is 30.3 Å². The molecule has 3 heteroatoms. The van der Waals surface area contributed by atoms with E-state index in [1.807, 2.05) is 25.2 Å². The maximum absolute atomic E-state index is 8.97. The Hall–Kier alpha value is -0.900. The Balaban J connectivity index is 2.51. The van der Waals surface area contributed by atoms with Crippen LogP contribution in [0.5, 0.6) is 0 Å². The summed E-state index contributed by atoms with van der Waals surface area (Å²) in [6.07, 6.45) is 1.42. The second kappa shape index (κ2) is 7.39. The molecule has 0 saturated heterocycles. The quantitative estimate of drug-likeness (QED) is 0.731. The van der Waals surface area contributed by atoms with Crippen LogP contribution in [0, 0.1) is 0 Å². The average molecular weight is 223 g/mol. The standard InChI is InChI=1S/C13H21NO2/c1-14(13(7-9-15)8-10-16)11-12-5-3-2-4-6-12/h2-6,13,15-16H,7-11H2,1H3. The van der Waals surface area contributed by atoms with E-state index in [4.69, 9.17) is 10.2 Å². The summed E-state index contributed by atoms with van der Waals surface area (Å²) in [6, 6.07) is 10.5. The van der Waals surface area contributed by atoms with Gasteiger partial charge in [0.2, 0.25) is 0 Å². The lowest BCUT2D eigenvalue weighted by molar-refractivity contribution is 0.146. The van der Waals surface area contributed by atoms with Crippen LogP contribution in [-0.4, -0.2) is 41.4 Å². The van der Waals surface area contributed by atoms with Crippen LogP contribution >= 0.6 is 0 Å². The van der Waals surface area contributed by atoms with Crippen LogP contribution in [0.4, 0.5) is 0 Å². The summed E-state index contributed by atoms with van der Waals surface area (Å²) in [7, 11) is 2.03. The van der Waals surface area contributed by atoms with Gasteiger partial charge in [-0.15, -0.1) is 0 Å². The summed E-state index contributed by atoms with van der Waals surface area (Å²) in [6.45, 7) is 1.19. The van der Waals surface area contributed by atoms with Gasteiger partial charge in [0, 0.05) is 25.8 Å². The number of aliphatic hydroxyl groups excluding tert-OH is 2. The van der Waals surface area contributed by atoms with Crippen LogP contribution < -0.4 is 0 Å². The maximum Gasteiger partial charge on any atom is 0.0445 e. The minimum absolute atomic E-state index is 0.170. The Kier molecular flexibility index (Phi) is 6.08. The summed E-state index contributed by atoms with van der Waals surface area (Å²) in [5.74, 6) is 0. The second-order valence-corrected chi connectivity index (χ2v) is 4.08. The van der Waals surface area contributed by atoms with E-state index in [1.54, 1.807) is 0 Å². The molecular weight excluding hydrogens is 202 g/mol. The van der Waals surface area contributed by atoms with E-state index < -0.39 is 0 Å². The molecule has 0 aliphatic heterocycles. The monoisotopic (exact) mass is 223 g/mol. The molecule has 0 unspecified atom stereocenters. The average Bonchev–Trinajstić information content (AvgIpc) is 2.30. The molecule has 0 aliphatic rings. The fourth-order valence-electron chi connectivity index (χ4n) is 1.88. The van der Waals surface area contributed by atoms with E-state index in [0.717, 1.165) is 6.54 Å². The van der Waals surface area contributed by atoms with E-state index in [9.17, 15) is 0 Å². The molecule has 1 aromatic rings. The van der Waals surface area contributed by atoms with Gasteiger partial charge < -0.3 is 10.2 Å². The molecule has 0 spiro atoms. The molecular formula is C13H21NO2. The van der Waals surface area contributed by atoms with Crippen LogP contribution in [0.1, 0.15) is 18.4 Å². The Morgan fingerprint density at radius 3 is 2.12 bits per heavy atom. The zero-order valence-corrected chi connectivity index (χ0v) is 9.84. The molecule has 0 amide bonds. The van der Waals surface area contributed by atoms with Crippen molar-refractivity contribution in [2.24, 2.45) is 0 Å².